The fourth-order valence-electron chi connectivity index (χ4n) is 3.02. The van der Waals surface area contributed by atoms with Crippen LogP contribution in [0.1, 0.15) is 29.0 Å². The maximum Gasteiger partial charge on any atom is 0.435 e. The number of carbonyl (C=O) groups excluding carboxylic acids is 1. The third-order valence-corrected chi connectivity index (χ3v) is 4.31. The van der Waals surface area contributed by atoms with E-state index in [1.165, 1.54) is 17.0 Å². The largest absolute Gasteiger partial charge is 0.435 e. The average Bonchev–Trinajstić information content (AvgIpc) is 3.06. The van der Waals surface area contributed by atoms with Gasteiger partial charge in [0.05, 0.1) is 5.69 Å². The van der Waals surface area contributed by atoms with Crippen molar-refractivity contribution in [2.24, 2.45) is 0 Å². The van der Waals surface area contributed by atoms with E-state index >= 15 is 0 Å². The first kappa shape index (κ1) is 21.1. The van der Waals surface area contributed by atoms with Crippen LogP contribution in [-0.2, 0) is 6.18 Å². The number of amides is 1. The van der Waals surface area contributed by atoms with Gasteiger partial charge in [0.25, 0.3) is 5.91 Å². The van der Waals surface area contributed by atoms with Crippen LogP contribution in [0.3, 0.4) is 0 Å². The number of rotatable bonds is 3. The number of nitrogens with zero attached hydrogens (tertiary/aromatic N) is 4. The highest BCUT2D eigenvalue weighted by Gasteiger charge is 2.43. The Kier molecular flexibility index (Phi) is 6.42. The highest BCUT2D eigenvalue weighted by molar-refractivity contribution is 5.93. The molecule has 0 spiro atoms. The standard InChI is InChI=1S/C16H17F4N5O.ClH/c1-21-11-5-3-7-24(9-11)15(26)13-14(16(18,19)20)25(23-22-13)12-6-2-4-10(17)8-12;/h2,4,6,8,11,21H,3,5,7,9H2,1H3;1H. The normalized spacial score (nSPS) is 17.5. The van der Waals surface area contributed by atoms with Crippen LogP contribution in [0.15, 0.2) is 24.3 Å². The zero-order valence-electron chi connectivity index (χ0n) is 14.3. The summed E-state index contributed by atoms with van der Waals surface area (Å²) in [6.07, 6.45) is -3.36. The van der Waals surface area contributed by atoms with Gasteiger partial charge in [0.1, 0.15) is 5.82 Å². The lowest BCUT2D eigenvalue weighted by atomic mass is 10.1. The number of halogens is 5. The van der Waals surface area contributed by atoms with Gasteiger partial charge in [-0.3, -0.25) is 4.79 Å². The quantitative estimate of drug-likeness (QED) is 0.795. The number of piperidine rings is 1. The maximum absolute atomic E-state index is 13.6. The minimum absolute atomic E-state index is 0. The van der Waals surface area contributed by atoms with E-state index in [9.17, 15) is 22.4 Å². The zero-order chi connectivity index (χ0) is 18.9. The number of hydrogen-bond donors (Lipinski definition) is 1. The van der Waals surface area contributed by atoms with Gasteiger partial charge in [-0.1, -0.05) is 11.3 Å². The molecule has 3 rings (SSSR count). The lowest BCUT2D eigenvalue weighted by molar-refractivity contribution is -0.143. The van der Waals surface area contributed by atoms with Crippen molar-refractivity contribution >= 4 is 18.3 Å². The molecule has 2 aromatic rings. The van der Waals surface area contributed by atoms with Gasteiger partial charge in [-0.25, -0.2) is 9.07 Å². The third-order valence-electron chi connectivity index (χ3n) is 4.31. The van der Waals surface area contributed by atoms with E-state index in [0.717, 1.165) is 18.6 Å². The Hall–Kier alpha value is -2.20. The van der Waals surface area contributed by atoms with E-state index in [2.05, 4.69) is 15.6 Å². The molecule has 0 radical (unpaired) electrons. The van der Waals surface area contributed by atoms with Gasteiger partial charge in [0, 0.05) is 19.1 Å². The Morgan fingerprint density at radius 2 is 2.07 bits per heavy atom. The monoisotopic (exact) mass is 407 g/mol. The fraction of sp³-hybridized carbons (Fsp3) is 0.438. The third kappa shape index (κ3) is 4.38. The molecule has 27 heavy (non-hydrogen) atoms. The minimum atomic E-state index is -4.88. The number of likely N-dealkylation sites (tertiary alicyclic amines) is 1. The molecule has 1 aromatic heterocycles. The van der Waals surface area contributed by atoms with Crippen LogP contribution in [0.5, 0.6) is 0 Å². The molecule has 2 heterocycles. The molecular weight excluding hydrogens is 390 g/mol. The summed E-state index contributed by atoms with van der Waals surface area (Å²) >= 11 is 0. The first-order valence-corrected chi connectivity index (χ1v) is 8.06. The highest BCUT2D eigenvalue weighted by Crippen LogP contribution is 2.33. The molecule has 1 aliphatic heterocycles. The molecule has 1 atom stereocenters. The molecule has 6 nitrogen and oxygen atoms in total. The molecule has 1 saturated heterocycles. The predicted molar refractivity (Wildman–Crippen MR) is 91.6 cm³/mol. The lowest BCUT2D eigenvalue weighted by Crippen LogP contribution is -2.47. The van der Waals surface area contributed by atoms with Crippen molar-refractivity contribution in [3.63, 3.8) is 0 Å². The molecule has 1 N–H and O–H groups in total. The number of likely N-dealkylation sites (N-methyl/N-ethyl adjacent to an activating group) is 1. The molecule has 148 valence electrons. The number of benzene rings is 1. The van der Waals surface area contributed by atoms with Crippen LogP contribution in [0.2, 0.25) is 0 Å². The number of alkyl halides is 3. The van der Waals surface area contributed by atoms with Gasteiger partial charge >= 0.3 is 6.18 Å². The van der Waals surface area contributed by atoms with E-state index in [4.69, 9.17) is 0 Å². The second kappa shape index (κ2) is 8.22. The van der Waals surface area contributed by atoms with Crippen LogP contribution < -0.4 is 5.32 Å². The fourth-order valence-corrected chi connectivity index (χ4v) is 3.02. The number of carbonyl (C=O) groups is 1. The minimum Gasteiger partial charge on any atom is -0.336 e. The molecular formula is C16H18ClF4N5O. The SMILES string of the molecule is CNC1CCCN(C(=O)c2nnn(-c3cccc(F)c3)c2C(F)(F)F)C1.Cl. The molecule has 0 aliphatic carbocycles. The number of nitrogens with one attached hydrogen (secondary N) is 1. The molecule has 1 aliphatic rings. The Morgan fingerprint density at radius 3 is 2.70 bits per heavy atom. The van der Waals surface area contributed by atoms with Crippen LogP contribution >= 0.6 is 12.4 Å². The van der Waals surface area contributed by atoms with Crippen molar-refractivity contribution in [1.29, 1.82) is 0 Å². The first-order valence-electron chi connectivity index (χ1n) is 8.06. The second-order valence-electron chi connectivity index (χ2n) is 6.06. The lowest BCUT2D eigenvalue weighted by Gasteiger charge is -2.32. The van der Waals surface area contributed by atoms with E-state index in [1.54, 1.807) is 7.05 Å². The van der Waals surface area contributed by atoms with Crippen LogP contribution in [-0.4, -0.2) is 52.0 Å². The van der Waals surface area contributed by atoms with Crippen molar-refractivity contribution in [3.05, 3.63) is 41.5 Å². The summed E-state index contributed by atoms with van der Waals surface area (Å²) in [5.41, 5.74) is -2.24. The van der Waals surface area contributed by atoms with E-state index < -0.39 is 29.3 Å². The summed E-state index contributed by atoms with van der Waals surface area (Å²) in [7, 11) is 1.74. The first-order chi connectivity index (χ1) is 12.3. The molecule has 0 saturated carbocycles. The van der Waals surface area contributed by atoms with Gasteiger partial charge in [-0.15, -0.1) is 17.5 Å². The molecule has 1 unspecified atom stereocenters. The molecule has 1 aromatic carbocycles. The van der Waals surface area contributed by atoms with Crippen molar-refractivity contribution in [1.82, 2.24) is 25.2 Å². The van der Waals surface area contributed by atoms with E-state index in [1.807, 2.05) is 0 Å². The molecule has 1 fully saturated rings. The topological polar surface area (TPSA) is 63.1 Å². The van der Waals surface area contributed by atoms with E-state index in [0.29, 0.717) is 24.2 Å². The Bertz CT molecular complexity index is 810. The van der Waals surface area contributed by atoms with Crippen molar-refractivity contribution in [2.75, 3.05) is 20.1 Å². The Balaban J connectivity index is 0.00000261. The van der Waals surface area contributed by atoms with Gasteiger partial charge in [-0.05, 0) is 38.1 Å². The smallest absolute Gasteiger partial charge is 0.336 e. The van der Waals surface area contributed by atoms with Gasteiger partial charge in [0.2, 0.25) is 0 Å². The zero-order valence-corrected chi connectivity index (χ0v) is 15.1. The van der Waals surface area contributed by atoms with Crippen molar-refractivity contribution in [3.8, 4) is 5.69 Å². The molecule has 11 heteroatoms. The van der Waals surface area contributed by atoms with Crippen molar-refractivity contribution in [2.45, 2.75) is 25.1 Å². The number of hydrogen-bond acceptors (Lipinski definition) is 4. The van der Waals surface area contributed by atoms with Crippen LogP contribution in [0, 0.1) is 5.82 Å². The summed E-state index contributed by atoms with van der Waals surface area (Å²) in [6.45, 7) is 0.639. The van der Waals surface area contributed by atoms with Crippen molar-refractivity contribution < 1.29 is 22.4 Å². The van der Waals surface area contributed by atoms with Crippen LogP contribution in [0.4, 0.5) is 17.6 Å². The Labute approximate surface area is 158 Å². The second-order valence-corrected chi connectivity index (χ2v) is 6.06. The molecule has 0 bridgehead atoms. The predicted octanol–water partition coefficient (Wildman–Crippen LogP) is 2.67. The number of aromatic nitrogens is 3. The van der Waals surface area contributed by atoms with E-state index in [-0.39, 0.29) is 24.1 Å². The summed E-state index contributed by atoms with van der Waals surface area (Å²) in [6, 6.07) is 4.54. The average molecular weight is 408 g/mol. The van der Waals surface area contributed by atoms with Gasteiger partial charge < -0.3 is 10.2 Å². The van der Waals surface area contributed by atoms with Crippen LogP contribution in [0.25, 0.3) is 5.69 Å². The van der Waals surface area contributed by atoms with Gasteiger partial charge in [0.15, 0.2) is 11.4 Å². The maximum atomic E-state index is 13.6. The summed E-state index contributed by atoms with van der Waals surface area (Å²) in [4.78, 5) is 14.0. The summed E-state index contributed by atoms with van der Waals surface area (Å²) < 4.78 is 54.7. The Morgan fingerprint density at radius 1 is 1.33 bits per heavy atom. The summed E-state index contributed by atoms with van der Waals surface area (Å²) in [5, 5.41) is 9.96. The highest BCUT2D eigenvalue weighted by atomic mass is 35.5. The van der Waals surface area contributed by atoms with Gasteiger partial charge in [-0.2, -0.15) is 13.2 Å². The summed E-state index contributed by atoms with van der Waals surface area (Å²) in [5.74, 6) is -1.55. The molecule has 1 amide bonds.